The molecule has 1 aliphatic heterocycles. The van der Waals surface area contributed by atoms with Crippen LogP contribution in [-0.2, 0) is 6.54 Å². The Hall–Kier alpha value is -2.32. The van der Waals surface area contributed by atoms with E-state index in [1.165, 1.54) is 12.8 Å². The molecule has 0 radical (unpaired) electrons. The average molecular weight is 296 g/mol. The third-order valence-corrected chi connectivity index (χ3v) is 4.09. The zero-order valence-electron chi connectivity index (χ0n) is 12.6. The number of rotatable bonds is 6. The Bertz CT molecular complexity index is 615. The van der Waals surface area contributed by atoms with Crippen LogP contribution in [0.25, 0.3) is 0 Å². The molecule has 0 bridgehead atoms. The average Bonchev–Trinajstić information content (AvgIpc) is 3.21. The first kappa shape index (κ1) is 14.6. The predicted octanol–water partition coefficient (Wildman–Crippen LogP) is 2.30. The molecule has 114 valence electrons. The molecule has 3 rings (SSSR count). The van der Waals surface area contributed by atoms with E-state index in [0.29, 0.717) is 18.2 Å². The summed E-state index contributed by atoms with van der Waals surface area (Å²) in [6.07, 6.45) is 6.30. The van der Waals surface area contributed by atoms with Gasteiger partial charge in [0.1, 0.15) is 12.4 Å². The minimum absolute atomic E-state index is 0.546. The summed E-state index contributed by atoms with van der Waals surface area (Å²) >= 11 is 0. The van der Waals surface area contributed by atoms with E-state index in [-0.39, 0.29) is 0 Å². The molecule has 1 saturated heterocycles. The highest BCUT2D eigenvalue weighted by atomic mass is 16.5. The quantitative estimate of drug-likeness (QED) is 0.821. The standard InChI is InChI=1S/C17H20N4O/c18-13-15-4-6-17(7-5-15)22-12-11-20-9-1-3-16(20)14-21-10-2-8-19-21/h2,4-8,10,16H,1,3,9,11-12,14H2/t16-/m0/s1. The van der Waals surface area contributed by atoms with Crippen molar-refractivity contribution >= 4 is 0 Å². The van der Waals surface area contributed by atoms with Gasteiger partial charge in [0.05, 0.1) is 18.2 Å². The number of nitriles is 1. The molecule has 0 amide bonds. The lowest BCUT2D eigenvalue weighted by atomic mass is 10.2. The summed E-state index contributed by atoms with van der Waals surface area (Å²) in [7, 11) is 0. The van der Waals surface area contributed by atoms with Gasteiger partial charge < -0.3 is 4.74 Å². The monoisotopic (exact) mass is 296 g/mol. The van der Waals surface area contributed by atoms with Crippen molar-refractivity contribution in [3.8, 4) is 11.8 Å². The number of hydrogen-bond acceptors (Lipinski definition) is 4. The molecule has 1 atom stereocenters. The second kappa shape index (κ2) is 7.10. The van der Waals surface area contributed by atoms with E-state index in [1.807, 2.05) is 35.3 Å². The van der Waals surface area contributed by atoms with Gasteiger partial charge in [0.25, 0.3) is 0 Å². The smallest absolute Gasteiger partial charge is 0.119 e. The molecule has 1 aromatic carbocycles. The van der Waals surface area contributed by atoms with E-state index in [0.717, 1.165) is 25.4 Å². The van der Waals surface area contributed by atoms with E-state index < -0.39 is 0 Å². The van der Waals surface area contributed by atoms with Crippen molar-refractivity contribution in [3.63, 3.8) is 0 Å². The van der Waals surface area contributed by atoms with Gasteiger partial charge in [0.2, 0.25) is 0 Å². The fourth-order valence-corrected chi connectivity index (χ4v) is 2.93. The van der Waals surface area contributed by atoms with Crippen LogP contribution in [0.5, 0.6) is 5.75 Å². The molecule has 1 aliphatic rings. The van der Waals surface area contributed by atoms with Crippen molar-refractivity contribution in [2.24, 2.45) is 0 Å². The van der Waals surface area contributed by atoms with Crippen LogP contribution in [0.3, 0.4) is 0 Å². The summed E-state index contributed by atoms with van der Waals surface area (Å²) in [5.74, 6) is 0.821. The Kier molecular flexibility index (Phi) is 4.71. The molecule has 0 unspecified atom stereocenters. The molecular formula is C17H20N4O. The summed E-state index contributed by atoms with van der Waals surface area (Å²) in [5.41, 5.74) is 0.658. The zero-order valence-corrected chi connectivity index (χ0v) is 12.6. The Morgan fingerprint density at radius 1 is 1.32 bits per heavy atom. The van der Waals surface area contributed by atoms with Gasteiger partial charge in [-0.2, -0.15) is 10.4 Å². The van der Waals surface area contributed by atoms with Crippen LogP contribution in [0, 0.1) is 11.3 Å². The summed E-state index contributed by atoms with van der Waals surface area (Å²) in [6.45, 7) is 3.67. The van der Waals surface area contributed by atoms with Crippen LogP contribution in [0.4, 0.5) is 0 Å². The number of benzene rings is 1. The summed E-state index contributed by atoms with van der Waals surface area (Å²) in [6, 6.07) is 11.9. The first-order chi connectivity index (χ1) is 10.8. The molecule has 5 heteroatoms. The van der Waals surface area contributed by atoms with Crippen molar-refractivity contribution in [2.45, 2.75) is 25.4 Å². The Morgan fingerprint density at radius 2 is 2.18 bits per heavy atom. The van der Waals surface area contributed by atoms with Crippen molar-refractivity contribution in [1.29, 1.82) is 5.26 Å². The van der Waals surface area contributed by atoms with E-state index >= 15 is 0 Å². The Balaban J connectivity index is 1.46. The fraction of sp³-hybridized carbons (Fsp3) is 0.412. The first-order valence-electron chi connectivity index (χ1n) is 7.69. The molecule has 0 saturated carbocycles. The van der Waals surface area contributed by atoms with Gasteiger partial charge in [-0.3, -0.25) is 9.58 Å². The van der Waals surface area contributed by atoms with E-state index in [4.69, 9.17) is 10.00 Å². The third kappa shape index (κ3) is 3.66. The molecule has 1 fully saturated rings. The van der Waals surface area contributed by atoms with Gasteiger partial charge in [-0.05, 0) is 49.7 Å². The number of ether oxygens (including phenoxy) is 1. The molecular weight excluding hydrogens is 276 g/mol. The maximum atomic E-state index is 8.78. The van der Waals surface area contributed by atoms with Crippen LogP contribution in [0.15, 0.2) is 42.7 Å². The minimum atomic E-state index is 0.546. The number of hydrogen-bond donors (Lipinski definition) is 0. The van der Waals surface area contributed by atoms with Crippen molar-refractivity contribution in [2.75, 3.05) is 19.7 Å². The van der Waals surface area contributed by atoms with Crippen molar-refractivity contribution in [3.05, 3.63) is 48.3 Å². The molecule has 22 heavy (non-hydrogen) atoms. The normalized spacial score (nSPS) is 18.2. The second-order valence-electron chi connectivity index (χ2n) is 5.54. The zero-order chi connectivity index (χ0) is 15.2. The molecule has 0 spiro atoms. The highest BCUT2D eigenvalue weighted by Crippen LogP contribution is 2.18. The van der Waals surface area contributed by atoms with Crippen LogP contribution < -0.4 is 4.74 Å². The van der Waals surface area contributed by atoms with Gasteiger partial charge in [0.15, 0.2) is 0 Å². The second-order valence-corrected chi connectivity index (χ2v) is 5.54. The van der Waals surface area contributed by atoms with Gasteiger partial charge in [-0.25, -0.2) is 0 Å². The lowest BCUT2D eigenvalue weighted by molar-refractivity contribution is 0.182. The van der Waals surface area contributed by atoms with E-state index in [2.05, 4.69) is 16.1 Å². The van der Waals surface area contributed by atoms with Crippen LogP contribution in [0.1, 0.15) is 18.4 Å². The first-order valence-corrected chi connectivity index (χ1v) is 7.69. The third-order valence-electron chi connectivity index (χ3n) is 4.09. The number of likely N-dealkylation sites (tertiary alicyclic amines) is 1. The molecule has 2 heterocycles. The topological polar surface area (TPSA) is 54.1 Å². The lowest BCUT2D eigenvalue weighted by Gasteiger charge is -2.24. The van der Waals surface area contributed by atoms with E-state index in [1.54, 1.807) is 12.1 Å². The van der Waals surface area contributed by atoms with Gasteiger partial charge in [0, 0.05) is 25.0 Å². The molecule has 1 aromatic heterocycles. The molecule has 2 aromatic rings. The molecule has 0 aliphatic carbocycles. The summed E-state index contributed by atoms with van der Waals surface area (Å²) < 4.78 is 7.78. The van der Waals surface area contributed by atoms with Crippen LogP contribution in [0.2, 0.25) is 0 Å². The van der Waals surface area contributed by atoms with Crippen LogP contribution in [-0.4, -0.2) is 40.4 Å². The highest BCUT2D eigenvalue weighted by molar-refractivity contribution is 5.34. The van der Waals surface area contributed by atoms with Crippen molar-refractivity contribution < 1.29 is 4.74 Å². The van der Waals surface area contributed by atoms with E-state index in [9.17, 15) is 0 Å². The molecule has 0 N–H and O–H groups in total. The van der Waals surface area contributed by atoms with Crippen molar-refractivity contribution in [1.82, 2.24) is 14.7 Å². The maximum Gasteiger partial charge on any atom is 0.119 e. The largest absolute Gasteiger partial charge is 0.492 e. The van der Waals surface area contributed by atoms with Gasteiger partial charge >= 0.3 is 0 Å². The van der Waals surface area contributed by atoms with Gasteiger partial charge in [-0.1, -0.05) is 0 Å². The SMILES string of the molecule is N#Cc1ccc(OCCN2CCC[C@H]2Cn2cccn2)cc1. The maximum absolute atomic E-state index is 8.78. The predicted molar refractivity (Wildman–Crippen MR) is 83.5 cm³/mol. The Morgan fingerprint density at radius 3 is 2.91 bits per heavy atom. The number of aromatic nitrogens is 2. The summed E-state index contributed by atoms with van der Waals surface area (Å²) in [5, 5.41) is 13.1. The highest BCUT2D eigenvalue weighted by Gasteiger charge is 2.24. The van der Waals surface area contributed by atoms with Crippen LogP contribution >= 0.6 is 0 Å². The molecule has 5 nitrogen and oxygen atoms in total. The fourth-order valence-electron chi connectivity index (χ4n) is 2.93. The lowest BCUT2D eigenvalue weighted by Crippen LogP contribution is -2.36. The minimum Gasteiger partial charge on any atom is -0.492 e. The Labute approximate surface area is 130 Å². The number of nitrogens with zero attached hydrogens (tertiary/aromatic N) is 4. The summed E-state index contributed by atoms with van der Waals surface area (Å²) in [4.78, 5) is 2.48. The van der Waals surface area contributed by atoms with Gasteiger partial charge in [-0.15, -0.1) is 0 Å².